The number of rotatable bonds is 5. The van der Waals surface area contributed by atoms with Gasteiger partial charge in [-0.3, -0.25) is 4.98 Å². The van der Waals surface area contributed by atoms with Crippen LogP contribution in [-0.4, -0.2) is 19.9 Å². The number of fused-ring (bicyclic) bond motifs is 6. The second-order valence-corrected chi connectivity index (χ2v) is 11.9. The molecule has 0 saturated heterocycles. The van der Waals surface area contributed by atoms with E-state index < -0.39 is 0 Å². The molecule has 9 aromatic rings. The minimum atomic E-state index is 0.687. The van der Waals surface area contributed by atoms with Crippen molar-refractivity contribution in [2.75, 3.05) is 0 Å². The molecule has 0 amide bonds. The highest BCUT2D eigenvalue weighted by Crippen LogP contribution is 2.36. The normalized spacial score (nSPS) is 11.3. The molecule has 0 unspecified atom stereocenters. The maximum atomic E-state index is 5.23. The summed E-state index contributed by atoms with van der Waals surface area (Å²) in [6.07, 6.45) is 3.63. The minimum absolute atomic E-state index is 0.687. The van der Waals surface area contributed by atoms with Gasteiger partial charge in [0.05, 0.1) is 22.6 Å². The fourth-order valence-corrected chi connectivity index (χ4v) is 6.57. The molecule has 0 spiro atoms. The van der Waals surface area contributed by atoms with Crippen molar-refractivity contribution in [1.29, 1.82) is 0 Å². The van der Waals surface area contributed by atoms with Crippen molar-refractivity contribution in [3.8, 4) is 56.3 Å². The molecule has 0 atom stereocenters. The van der Waals surface area contributed by atoms with Crippen LogP contribution in [0.25, 0.3) is 88.7 Å². The zero-order chi connectivity index (χ0) is 31.9. The molecule has 0 N–H and O–H groups in total. The highest BCUT2D eigenvalue weighted by Gasteiger charge is 2.13. The number of hydrogen-bond acceptors (Lipinski definition) is 4. The average Bonchev–Trinajstić information content (AvgIpc) is 3.18. The number of aromatic nitrogens is 4. The van der Waals surface area contributed by atoms with E-state index >= 15 is 0 Å². The third kappa shape index (κ3) is 4.97. The van der Waals surface area contributed by atoms with Crippen LogP contribution in [0.2, 0.25) is 0 Å². The van der Waals surface area contributed by atoms with E-state index in [4.69, 9.17) is 15.0 Å². The van der Waals surface area contributed by atoms with Gasteiger partial charge >= 0.3 is 0 Å². The van der Waals surface area contributed by atoms with Crippen molar-refractivity contribution in [3.63, 3.8) is 0 Å². The lowest BCUT2D eigenvalue weighted by Gasteiger charge is -2.12. The molecule has 9 rings (SSSR count). The molecule has 3 heterocycles. The molecular formula is C44H28N4. The summed E-state index contributed by atoms with van der Waals surface area (Å²) < 4.78 is 0. The first-order valence-electron chi connectivity index (χ1n) is 16.0. The molecule has 0 bridgehead atoms. The summed E-state index contributed by atoms with van der Waals surface area (Å²) in [5.41, 5.74) is 10.0. The largest absolute Gasteiger partial charge is 0.265 e. The fraction of sp³-hybridized carbons (Fsp3) is 0. The summed E-state index contributed by atoms with van der Waals surface area (Å²) in [6.45, 7) is 0. The van der Waals surface area contributed by atoms with Crippen LogP contribution < -0.4 is 0 Å². The maximum absolute atomic E-state index is 5.23. The van der Waals surface area contributed by atoms with Gasteiger partial charge in [-0.25, -0.2) is 15.0 Å². The van der Waals surface area contributed by atoms with Crippen LogP contribution in [0.3, 0.4) is 0 Å². The van der Waals surface area contributed by atoms with E-state index in [1.54, 1.807) is 0 Å². The third-order valence-electron chi connectivity index (χ3n) is 9.01. The van der Waals surface area contributed by atoms with E-state index in [2.05, 4.69) is 132 Å². The molecule has 0 aliphatic rings. The standard InChI is InChI=1S/C44H28N4/c1-2-8-31(9-3-1)41-28-42(48-44(47-41)34-20-14-29(15-21-34)30-24-26-45-27-25-30)33-18-16-32(17-19-33)40-23-22-39-37-12-5-4-10-35(37)36-11-6-7-13-38(36)43(39)46-40/h1-28H. The minimum Gasteiger partial charge on any atom is -0.265 e. The van der Waals surface area contributed by atoms with Gasteiger partial charge in [0.2, 0.25) is 0 Å². The SMILES string of the molecule is c1ccc(-c2cc(-c3ccc(-c4ccc5c6ccccc6c6ccccc6c5n4)cc3)nc(-c3ccc(-c4ccncc4)cc3)n2)cc1. The Morgan fingerprint density at radius 1 is 0.292 bits per heavy atom. The van der Waals surface area contributed by atoms with Gasteiger partial charge in [0.1, 0.15) is 0 Å². The van der Waals surface area contributed by atoms with E-state index in [1.165, 1.54) is 26.9 Å². The Balaban J connectivity index is 1.11. The molecule has 0 fully saturated rings. The van der Waals surface area contributed by atoms with Crippen LogP contribution in [0.4, 0.5) is 0 Å². The topological polar surface area (TPSA) is 51.6 Å². The Labute approximate surface area is 278 Å². The van der Waals surface area contributed by atoms with Crippen LogP contribution in [0.5, 0.6) is 0 Å². The number of pyridine rings is 2. The molecule has 0 aliphatic carbocycles. The van der Waals surface area contributed by atoms with Crippen molar-refractivity contribution >= 4 is 32.4 Å². The summed E-state index contributed by atoms with van der Waals surface area (Å²) in [5.74, 6) is 0.687. The first kappa shape index (κ1) is 27.8. The van der Waals surface area contributed by atoms with Gasteiger partial charge in [-0.05, 0) is 57.6 Å². The predicted molar refractivity (Wildman–Crippen MR) is 197 cm³/mol. The quantitative estimate of drug-likeness (QED) is 0.181. The Kier molecular flexibility index (Phi) is 6.76. The molecule has 6 aromatic carbocycles. The summed E-state index contributed by atoms with van der Waals surface area (Å²) in [7, 11) is 0. The van der Waals surface area contributed by atoms with Crippen molar-refractivity contribution in [2.45, 2.75) is 0 Å². The van der Waals surface area contributed by atoms with E-state index in [1.807, 2.05) is 42.7 Å². The van der Waals surface area contributed by atoms with E-state index in [9.17, 15) is 0 Å². The van der Waals surface area contributed by atoms with Gasteiger partial charge in [0.25, 0.3) is 0 Å². The van der Waals surface area contributed by atoms with Crippen LogP contribution in [-0.2, 0) is 0 Å². The molecule has 3 aromatic heterocycles. The third-order valence-corrected chi connectivity index (χ3v) is 9.01. The Hall–Kier alpha value is -6.52. The zero-order valence-electron chi connectivity index (χ0n) is 26.0. The Morgan fingerprint density at radius 3 is 1.40 bits per heavy atom. The van der Waals surface area contributed by atoms with Gasteiger partial charge < -0.3 is 0 Å². The zero-order valence-corrected chi connectivity index (χ0v) is 26.0. The highest BCUT2D eigenvalue weighted by atomic mass is 14.9. The number of nitrogens with zero attached hydrogens (tertiary/aromatic N) is 4. The van der Waals surface area contributed by atoms with E-state index in [0.717, 1.165) is 56.0 Å². The lowest BCUT2D eigenvalue weighted by Crippen LogP contribution is -1.96. The second kappa shape index (κ2) is 11.7. The summed E-state index contributed by atoms with van der Waals surface area (Å²) >= 11 is 0. The monoisotopic (exact) mass is 612 g/mol. The first-order chi connectivity index (χ1) is 23.8. The van der Waals surface area contributed by atoms with Crippen molar-refractivity contribution in [1.82, 2.24) is 19.9 Å². The first-order valence-corrected chi connectivity index (χ1v) is 16.0. The van der Waals surface area contributed by atoms with E-state index in [-0.39, 0.29) is 0 Å². The van der Waals surface area contributed by atoms with Gasteiger partial charge in [-0.15, -0.1) is 0 Å². The highest BCUT2D eigenvalue weighted by molar-refractivity contribution is 6.24. The average molecular weight is 613 g/mol. The summed E-state index contributed by atoms with van der Waals surface area (Å²) in [5, 5.41) is 6.03. The van der Waals surface area contributed by atoms with Crippen LogP contribution >= 0.6 is 0 Å². The number of hydrogen-bond donors (Lipinski definition) is 0. The van der Waals surface area contributed by atoms with Gasteiger partial charge in [0, 0.05) is 45.4 Å². The predicted octanol–water partition coefficient (Wildman–Crippen LogP) is 11.1. The molecule has 4 nitrogen and oxygen atoms in total. The molecule has 0 aliphatic heterocycles. The molecular weight excluding hydrogens is 585 g/mol. The molecule has 48 heavy (non-hydrogen) atoms. The molecule has 4 heteroatoms. The molecule has 0 radical (unpaired) electrons. The van der Waals surface area contributed by atoms with Crippen LogP contribution in [0.15, 0.2) is 170 Å². The lowest BCUT2D eigenvalue weighted by atomic mass is 9.96. The lowest BCUT2D eigenvalue weighted by molar-refractivity contribution is 1.18. The summed E-state index contributed by atoms with van der Waals surface area (Å²) in [6, 6.07) is 54.8. The van der Waals surface area contributed by atoms with Crippen LogP contribution in [0.1, 0.15) is 0 Å². The molecule has 0 saturated carbocycles. The maximum Gasteiger partial charge on any atom is 0.160 e. The Bertz CT molecular complexity index is 2540. The van der Waals surface area contributed by atoms with Crippen molar-refractivity contribution in [2.24, 2.45) is 0 Å². The smallest absolute Gasteiger partial charge is 0.160 e. The second-order valence-electron chi connectivity index (χ2n) is 11.9. The van der Waals surface area contributed by atoms with E-state index in [0.29, 0.717) is 5.82 Å². The number of benzene rings is 6. The Morgan fingerprint density at radius 2 is 0.750 bits per heavy atom. The summed E-state index contributed by atoms with van der Waals surface area (Å²) in [4.78, 5) is 19.5. The van der Waals surface area contributed by atoms with Crippen molar-refractivity contribution < 1.29 is 0 Å². The van der Waals surface area contributed by atoms with Crippen LogP contribution in [0, 0.1) is 0 Å². The van der Waals surface area contributed by atoms with Gasteiger partial charge in [-0.1, -0.05) is 127 Å². The van der Waals surface area contributed by atoms with Gasteiger partial charge in [-0.2, -0.15) is 0 Å². The van der Waals surface area contributed by atoms with Crippen molar-refractivity contribution in [3.05, 3.63) is 170 Å². The fourth-order valence-electron chi connectivity index (χ4n) is 6.57. The molecule has 224 valence electrons. The van der Waals surface area contributed by atoms with Gasteiger partial charge in [0.15, 0.2) is 5.82 Å².